The maximum absolute atomic E-state index is 13.5. The minimum Gasteiger partial charge on any atom is -0.491 e. The average molecular weight is 487 g/mol. The maximum Gasteiger partial charge on any atom is 0.249 e. The number of methoxy groups -OCH3 is 1. The van der Waals surface area contributed by atoms with Gasteiger partial charge in [0, 0.05) is 25.1 Å². The summed E-state index contributed by atoms with van der Waals surface area (Å²) < 4.78 is 11.2. The highest BCUT2D eigenvalue weighted by molar-refractivity contribution is 7.10. The monoisotopic (exact) mass is 486 g/mol. The smallest absolute Gasteiger partial charge is 0.249 e. The molecule has 0 N–H and O–H groups in total. The number of nitrogens with zero attached hydrogens (tertiary/aromatic N) is 2. The van der Waals surface area contributed by atoms with Crippen molar-refractivity contribution in [3.63, 3.8) is 0 Å². The van der Waals surface area contributed by atoms with E-state index in [1.54, 1.807) is 16.2 Å². The van der Waals surface area contributed by atoms with Gasteiger partial charge in [0.15, 0.2) is 0 Å². The summed E-state index contributed by atoms with van der Waals surface area (Å²) in [7, 11) is 1.50. The van der Waals surface area contributed by atoms with E-state index in [0.29, 0.717) is 31.5 Å². The Morgan fingerprint density at radius 2 is 1.88 bits per heavy atom. The van der Waals surface area contributed by atoms with E-state index in [2.05, 4.69) is 51.3 Å². The van der Waals surface area contributed by atoms with Crippen LogP contribution in [-0.2, 0) is 20.7 Å². The second-order valence-electron chi connectivity index (χ2n) is 9.62. The molecule has 1 atom stereocenters. The van der Waals surface area contributed by atoms with Crippen LogP contribution >= 0.6 is 11.3 Å². The Morgan fingerprint density at radius 1 is 1.15 bits per heavy atom. The zero-order valence-corrected chi connectivity index (χ0v) is 21.9. The Hall–Kier alpha value is -2.38. The summed E-state index contributed by atoms with van der Waals surface area (Å²) >= 11 is 1.73. The van der Waals surface area contributed by atoms with Crippen molar-refractivity contribution in [3.05, 3.63) is 51.7 Å². The minimum absolute atomic E-state index is 0.0149. The van der Waals surface area contributed by atoms with Gasteiger partial charge in [-0.05, 0) is 59.4 Å². The third kappa shape index (κ3) is 6.83. The molecule has 7 heteroatoms. The first kappa shape index (κ1) is 26.2. The third-order valence-corrected chi connectivity index (χ3v) is 7.29. The number of carbonyl (C=O) groups is 2. The summed E-state index contributed by atoms with van der Waals surface area (Å²) in [5.74, 6) is 1.51. The molecule has 2 aromatic rings. The normalized spacial score (nSPS) is 15.5. The van der Waals surface area contributed by atoms with Crippen LogP contribution in [0.1, 0.15) is 62.1 Å². The molecule has 0 spiro atoms. The SMILES string of the molecule is COCC(=O)N(CCC(C)C)CC(=O)N1CCc2sccc2[C@@H]1COc1ccc(C(C)C)cc1. The molecule has 0 unspecified atom stereocenters. The first-order valence-corrected chi connectivity index (χ1v) is 13.0. The highest BCUT2D eigenvalue weighted by atomic mass is 32.1. The number of benzene rings is 1. The maximum atomic E-state index is 13.5. The van der Waals surface area contributed by atoms with Crippen LogP contribution in [-0.4, -0.2) is 61.6 Å². The van der Waals surface area contributed by atoms with Crippen LogP contribution in [0.15, 0.2) is 35.7 Å². The molecule has 1 aliphatic heterocycles. The summed E-state index contributed by atoms with van der Waals surface area (Å²) in [5.41, 5.74) is 2.42. The van der Waals surface area contributed by atoms with Gasteiger partial charge in [0.05, 0.1) is 12.6 Å². The molecular weight excluding hydrogens is 448 g/mol. The van der Waals surface area contributed by atoms with E-state index in [4.69, 9.17) is 9.47 Å². The molecular formula is C27H38N2O4S. The van der Waals surface area contributed by atoms with E-state index in [0.717, 1.165) is 24.2 Å². The molecule has 0 bridgehead atoms. The third-order valence-electron chi connectivity index (χ3n) is 6.29. The van der Waals surface area contributed by atoms with E-state index < -0.39 is 0 Å². The van der Waals surface area contributed by atoms with Crippen LogP contribution in [0.2, 0.25) is 0 Å². The summed E-state index contributed by atoms with van der Waals surface area (Å²) in [4.78, 5) is 30.9. The van der Waals surface area contributed by atoms with Crippen LogP contribution in [0.4, 0.5) is 0 Å². The molecule has 3 rings (SSSR count). The molecule has 2 heterocycles. The van der Waals surface area contributed by atoms with Gasteiger partial charge in [-0.2, -0.15) is 0 Å². The molecule has 1 aromatic carbocycles. The van der Waals surface area contributed by atoms with Gasteiger partial charge in [-0.25, -0.2) is 0 Å². The summed E-state index contributed by atoms with van der Waals surface area (Å²) in [6, 6.07) is 10.1. The van der Waals surface area contributed by atoms with Gasteiger partial charge in [0.2, 0.25) is 11.8 Å². The number of carbonyl (C=O) groups excluding carboxylic acids is 2. The van der Waals surface area contributed by atoms with Crippen molar-refractivity contribution in [2.75, 3.05) is 40.0 Å². The number of hydrogen-bond acceptors (Lipinski definition) is 5. The van der Waals surface area contributed by atoms with Crippen LogP contribution in [0.3, 0.4) is 0 Å². The quantitative estimate of drug-likeness (QED) is 0.453. The second-order valence-corrected chi connectivity index (χ2v) is 10.6. The molecule has 0 radical (unpaired) electrons. The van der Waals surface area contributed by atoms with Crippen LogP contribution in [0, 0.1) is 5.92 Å². The van der Waals surface area contributed by atoms with Crippen LogP contribution in [0.25, 0.3) is 0 Å². The first-order valence-electron chi connectivity index (χ1n) is 12.1. The summed E-state index contributed by atoms with van der Waals surface area (Å²) in [5, 5.41) is 2.08. The zero-order chi connectivity index (χ0) is 24.7. The summed E-state index contributed by atoms with van der Waals surface area (Å²) in [6.45, 7) is 10.2. The predicted molar refractivity (Wildman–Crippen MR) is 136 cm³/mol. The van der Waals surface area contributed by atoms with Gasteiger partial charge in [-0.3, -0.25) is 9.59 Å². The molecule has 1 aliphatic rings. The molecule has 34 heavy (non-hydrogen) atoms. The Kier molecular flexibility index (Phi) is 9.54. The number of amides is 2. The van der Waals surface area contributed by atoms with Crippen molar-refractivity contribution in [1.29, 1.82) is 0 Å². The Bertz CT molecular complexity index is 938. The fourth-order valence-corrected chi connectivity index (χ4v) is 5.10. The highest BCUT2D eigenvalue weighted by Crippen LogP contribution is 2.34. The van der Waals surface area contributed by atoms with E-state index in [9.17, 15) is 9.59 Å². The van der Waals surface area contributed by atoms with Crippen molar-refractivity contribution in [1.82, 2.24) is 9.80 Å². The van der Waals surface area contributed by atoms with Gasteiger partial charge in [0.25, 0.3) is 0 Å². The number of rotatable bonds is 11. The van der Waals surface area contributed by atoms with Gasteiger partial charge in [0.1, 0.15) is 19.0 Å². The molecule has 0 saturated carbocycles. The van der Waals surface area contributed by atoms with Gasteiger partial charge in [-0.15, -0.1) is 11.3 Å². The second kappa shape index (κ2) is 12.4. The number of fused-ring (bicyclic) bond motifs is 1. The van der Waals surface area contributed by atoms with E-state index in [-0.39, 0.29) is 31.0 Å². The van der Waals surface area contributed by atoms with Crippen LogP contribution in [0.5, 0.6) is 5.75 Å². The van der Waals surface area contributed by atoms with Crippen molar-refractivity contribution in [2.45, 2.75) is 52.5 Å². The molecule has 186 valence electrons. The van der Waals surface area contributed by atoms with E-state index >= 15 is 0 Å². The van der Waals surface area contributed by atoms with Crippen molar-refractivity contribution < 1.29 is 19.1 Å². The Morgan fingerprint density at radius 3 is 2.53 bits per heavy atom. The largest absolute Gasteiger partial charge is 0.491 e. The van der Waals surface area contributed by atoms with Crippen LogP contribution < -0.4 is 4.74 Å². The lowest BCUT2D eigenvalue weighted by Crippen LogP contribution is -2.48. The lowest BCUT2D eigenvalue weighted by Gasteiger charge is -2.37. The van der Waals surface area contributed by atoms with Gasteiger partial charge < -0.3 is 19.3 Å². The summed E-state index contributed by atoms with van der Waals surface area (Å²) in [6.07, 6.45) is 1.67. The number of ether oxygens (including phenoxy) is 2. The molecule has 2 amide bonds. The number of thiophene rings is 1. The van der Waals surface area contributed by atoms with Gasteiger partial charge in [-0.1, -0.05) is 39.8 Å². The molecule has 0 aliphatic carbocycles. The van der Waals surface area contributed by atoms with Crippen molar-refractivity contribution in [2.24, 2.45) is 5.92 Å². The molecule has 1 aromatic heterocycles. The Labute approximate surface area is 207 Å². The topological polar surface area (TPSA) is 59.1 Å². The zero-order valence-electron chi connectivity index (χ0n) is 21.1. The molecule has 6 nitrogen and oxygen atoms in total. The fourth-order valence-electron chi connectivity index (χ4n) is 4.17. The molecule has 0 saturated heterocycles. The molecule has 0 fully saturated rings. The predicted octanol–water partition coefficient (Wildman–Crippen LogP) is 4.90. The Balaban J connectivity index is 1.73. The van der Waals surface area contributed by atoms with Gasteiger partial charge >= 0.3 is 0 Å². The van der Waals surface area contributed by atoms with Crippen molar-refractivity contribution >= 4 is 23.2 Å². The minimum atomic E-state index is -0.170. The first-order chi connectivity index (χ1) is 16.3. The van der Waals surface area contributed by atoms with E-state index in [1.807, 2.05) is 17.0 Å². The van der Waals surface area contributed by atoms with E-state index in [1.165, 1.54) is 17.6 Å². The highest BCUT2D eigenvalue weighted by Gasteiger charge is 2.33. The lowest BCUT2D eigenvalue weighted by atomic mass is 10.00. The lowest BCUT2D eigenvalue weighted by molar-refractivity contribution is -0.144. The number of hydrogen-bond donors (Lipinski definition) is 0. The average Bonchev–Trinajstić information content (AvgIpc) is 3.29. The fraction of sp³-hybridized carbons (Fsp3) is 0.556. The van der Waals surface area contributed by atoms with Crippen molar-refractivity contribution in [3.8, 4) is 5.75 Å². The standard InChI is InChI=1S/C27H38N2O4S/c1-19(2)10-13-28(27(31)18-32-5)16-26(30)29-14-11-25-23(12-15-34-25)24(29)17-33-22-8-6-21(7-9-22)20(3)4/h6-9,12,15,19-20,24H,10-11,13-14,16-18H2,1-5H3/t24-/m0/s1.